The van der Waals surface area contributed by atoms with Crippen molar-refractivity contribution in [3.8, 4) is 5.75 Å². The van der Waals surface area contributed by atoms with Gasteiger partial charge >= 0.3 is 0 Å². The van der Waals surface area contributed by atoms with Crippen LogP contribution in [0.15, 0.2) is 18.2 Å². The predicted molar refractivity (Wildman–Crippen MR) is 109 cm³/mol. The molecule has 0 aromatic heterocycles. The van der Waals surface area contributed by atoms with Gasteiger partial charge in [-0.05, 0) is 55.5 Å². The second kappa shape index (κ2) is 11.4. The number of hydrogen-bond acceptors (Lipinski definition) is 4. The zero-order chi connectivity index (χ0) is 18.2. The fourth-order valence-electron chi connectivity index (χ4n) is 3.49. The first kappa shape index (κ1) is 22.7. The molecule has 1 heterocycles. The number of carbonyl (C=O) groups excluding carboxylic acids is 1. The van der Waals surface area contributed by atoms with Gasteiger partial charge in [0.25, 0.3) is 0 Å². The standard InChI is InChI=1S/C20H33N3O2.ClH/c1-15(2)19-7-6-18(13-16(19)3)25-12-11-23-10-4-5-17(14-23)20(24)22-9-8-21;/h6-7,13,15,17H,4-5,8-12,14,21H2,1-3H3,(H,22,24);1H. The van der Waals surface area contributed by atoms with E-state index in [0.717, 1.165) is 38.2 Å². The van der Waals surface area contributed by atoms with E-state index in [9.17, 15) is 4.79 Å². The Labute approximate surface area is 164 Å². The molecule has 1 fully saturated rings. The lowest BCUT2D eigenvalue weighted by atomic mass is 9.97. The summed E-state index contributed by atoms with van der Waals surface area (Å²) in [7, 11) is 0. The van der Waals surface area contributed by atoms with Crippen LogP contribution in [0, 0.1) is 12.8 Å². The van der Waals surface area contributed by atoms with E-state index in [4.69, 9.17) is 10.5 Å². The molecule has 1 aromatic rings. The first-order valence-electron chi connectivity index (χ1n) is 9.44. The summed E-state index contributed by atoms with van der Waals surface area (Å²) in [5, 5.41) is 2.90. The monoisotopic (exact) mass is 383 g/mol. The lowest BCUT2D eigenvalue weighted by molar-refractivity contribution is -0.126. The number of amides is 1. The van der Waals surface area contributed by atoms with Crippen LogP contribution in [-0.2, 0) is 4.79 Å². The van der Waals surface area contributed by atoms with Crippen LogP contribution in [0.1, 0.15) is 43.7 Å². The van der Waals surface area contributed by atoms with Crippen molar-refractivity contribution in [2.24, 2.45) is 11.7 Å². The number of halogens is 1. The lowest BCUT2D eigenvalue weighted by Crippen LogP contribution is -2.45. The fourth-order valence-corrected chi connectivity index (χ4v) is 3.49. The Morgan fingerprint density at radius 2 is 2.19 bits per heavy atom. The second-order valence-electron chi connectivity index (χ2n) is 7.24. The van der Waals surface area contributed by atoms with Crippen LogP contribution < -0.4 is 15.8 Å². The number of rotatable bonds is 8. The van der Waals surface area contributed by atoms with Crippen molar-refractivity contribution < 1.29 is 9.53 Å². The van der Waals surface area contributed by atoms with Gasteiger partial charge in [-0.1, -0.05) is 19.9 Å². The number of hydrogen-bond donors (Lipinski definition) is 2. The highest BCUT2D eigenvalue weighted by Gasteiger charge is 2.25. The molecule has 0 saturated carbocycles. The molecule has 5 nitrogen and oxygen atoms in total. The van der Waals surface area contributed by atoms with Gasteiger partial charge in [-0.25, -0.2) is 0 Å². The molecule has 26 heavy (non-hydrogen) atoms. The topological polar surface area (TPSA) is 67.6 Å². The van der Waals surface area contributed by atoms with Gasteiger partial charge in [0.05, 0.1) is 5.92 Å². The molecule has 3 N–H and O–H groups in total. The highest BCUT2D eigenvalue weighted by Crippen LogP contribution is 2.23. The van der Waals surface area contributed by atoms with Crippen molar-refractivity contribution in [3.63, 3.8) is 0 Å². The first-order chi connectivity index (χ1) is 12.0. The van der Waals surface area contributed by atoms with Gasteiger partial charge in [0.1, 0.15) is 12.4 Å². The largest absolute Gasteiger partial charge is 0.492 e. The summed E-state index contributed by atoms with van der Waals surface area (Å²) in [6, 6.07) is 6.34. The summed E-state index contributed by atoms with van der Waals surface area (Å²) in [5.74, 6) is 1.67. The van der Waals surface area contributed by atoms with E-state index in [1.54, 1.807) is 0 Å². The summed E-state index contributed by atoms with van der Waals surface area (Å²) in [6.45, 7) is 11.0. The van der Waals surface area contributed by atoms with Gasteiger partial charge in [0, 0.05) is 26.2 Å². The van der Waals surface area contributed by atoms with Gasteiger partial charge in [-0.3, -0.25) is 9.69 Å². The molecule has 0 bridgehead atoms. The van der Waals surface area contributed by atoms with Crippen LogP contribution in [0.25, 0.3) is 0 Å². The quantitative estimate of drug-likeness (QED) is 0.724. The average Bonchev–Trinajstić information content (AvgIpc) is 2.59. The number of carbonyl (C=O) groups is 1. The zero-order valence-electron chi connectivity index (χ0n) is 16.3. The third-order valence-corrected chi connectivity index (χ3v) is 4.86. The molecular formula is C20H34ClN3O2. The van der Waals surface area contributed by atoms with Crippen molar-refractivity contribution in [1.82, 2.24) is 10.2 Å². The van der Waals surface area contributed by atoms with Crippen LogP contribution in [-0.4, -0.2) is 50.1 Å². The Hall–Kier alpha value is -1.30. The van der Waals surface area contributed by atoms with E-state index in [1.807, 2.05) is 0 Å². The van der Waals surface area contributed by atoms with E-state index in [1.165, 1.54) is 11.1 Å². The number of likely N-dealkylation sites (tertiary alicyclic amines) is 1. The molecule has 2 rings (SSSR count). The number of nitrogens with zero attached hydrogens (tertiary/aromatic N) is 1. The maximum absolute atomic E-state index is 12.1. The normalized spacial score (nSPS) is 17.7. The third kappa shape index (κ3) is 6.78. The zero-order valence-corrected chi connectivity index (χ0v) is 17.1. The van der Waals surface area contributed by atoms with Gasteiger partial charge in [-0.2, -0.15) is 0 Å². The molecule has 1 atom stereocenters. The van der Waals surface area contributed by atoms with Gasteiger partial charge < -0.3 is 15.8 Å². The summed E-state index contributed by atoms with van der Waals surface area (Å²) in [6.07, 6.45) is 2.02. The molecule has 1 aliphatic heterocycles. The first-order valence-corrected chi connectivity index (χ1v) is 9.44. The number of piperidine rings is 1. The van der Waals surface area contributed by atoms with E-state index in [2.05, 4.69) is 49.2 Å². The Morgan fingerprint density at radius 1 is 1.42 bits per heavy atom. The smallest absolute Gasteiger partial charge is 0.224 e. The Morgan fingerprint density at radius 3 is 2.85 bits per heavy atom. The van der Waals surface area contributed by atoms with Crippen LogP contribution in [0.2, 0.25) is 0 Å². The Bertz CT molecular complexity index is 566. The summed E-state index contributed by atoms with van der Waals surface area (Å²) in [5.41, 5.74) is 8.10. The molecule has 1 aromatic carbocycles. The predicted octanol–water partition coefficient (Wildman–Crippen LogP) is 2.71. The lowest BCUT2D eigenvalue weighted by Gasteiger charge is -2.31. The highest BCUT2D eigenvalue weighted by molar-refractivity contribution is 5.85. The van der Waals surface area contributed by atoms with Gasteiger partial charge in [0.2, 0.25) is 5.91 Å². The summed E-state index contributed by atoms with van der Waals surface area (Å²) >= 11 is 0. The molecular weight excluding hydrogens is 350 g/mol. The third-order valence-electron chi connectivity index (χ3n) is 4.86. The summed E-state index contributed by atoms with van der Waals surface area (Å²) in [4.78, 5) is 14.4. The molecule has 1 saturated heterocycles. The van der Waals surface area contributed by atoms with Crippen LogP contribution in [0.3, 0.4) is 0 Å². The maximum Gasteiger partial charge on any atom is 0.224 e. The van der Waals surface area contributed by atoms with Crippen molar-refractivity contribution in [3.05, 3.63) is 29.3 Å². The van der Waals surface area contributed by atoms with E-state index in [0.29, 0.717) is 25.6 Å². The minimum absolute atomic E-state index is 0. The number of nitrogens with one attached hydrogen (secondary N) is 1. The number of benzene rings is 1. The summed E-state index contributed by atoms with van der Waals surface area (Å²) < 4.78 is 5.93. The van der Waals surface area contributed by atoms with Crippen LogP contribution >= 0.6 is 12.4 Å². The van der Waals surface area contributed by atoms with Crippen molar-refractivity contribution in [2.45, 2.75) is 39.5 Å². The molecule has 0 aliphatic carbocycles. The second-order valence-corrected chi connectivity index (χ2v) is 7.24. The highest BCUT2D eigenvalue weighted by atomic mass is 35.5. The minimum Gasteiger partial charge on any atom is -0.492 e. The van der Waals surface area contributed by atoms with E-state index in [-0.39, 0.29) is 24.2 Å². The van der Waals surface area contributed by atoms with Gasteiger partial charge in [-0.15, -0.1) is 12.4 Å². The number of ether oxygens (including phenoxy) is 1. The molecule has 0 spiro atoms. The maximum atomic E-state index is 12.1. The van der Waals surface area contributed by atoms with Crippen molar-refractivity contribution in [2.75, 3.05) is 39.3 Å². The molecule has 0 radical (unpaired) electrons. The Balaban J connectivity index is 0.00000338. The molecule has 148 valence electrons. The number of aryl methyl sites for hydroxylation is 1. The van der Waals surface area contributed by atoms with Crippen molar-refractivity contribution in [1.29, 1.82) is 0 Å². The molecule has 6 heteroatoms. The Kier molecular flexibility index (Phi) is 9.99. The van der Waals surface area contributed by atoms with Crippen molar-refractivity contribution >= 4 is 18.3 Å². The molecule has 1 amide bonds. The van der Waals surface area contributed by atoms with Crippen LogP contribution in [0.5, 0.6) is 5.75 Å². The van der Waals surface area contributed by atoms with Gasteiger partial charge in [0.15, 0.2) is 0 Å². The average molecular weight is 384 g/mol. The minimum atomic E-state index is 0. The molecule has 1 unspecified atom stereocenters. The fraction of sp³-hybridized carbons (Fsp3) is 0.650. The SMILES string of the molecule is Cc1cc(OCCN2CCCC(C(=O)NCCN)C2)ccc1C(C)C.Cl. The number of nitrogens with two attached hydrogens (primary N) is 1. The van der Waals surface area contributed by atoms with E-state index < -0.39 is 0 Å². The van der Waals surface area contributed by atoms with Crippen LogP contribution in [0.4, 0.5) is 0 Å². The van der Waals surface area contributed by atoms with E-state index >= 15 is 0 Å². The molecule has 1 aliphatic rings.